The van der Waals surface area contributed by atoms with E-state index in [4.69, 9.17) is 4.74 Å². The predicted octanol–water partition coefficient (Wildman–Crippen LogP) is 2.93. The van der Waals surface area contributed by atoms with Crippen LogP contribution in [-0.4, -0.2) is 28.0 Å². The van der Waals surface area contributed by atoms with E-state index in [9.17, 15) is 13.2 Å². The summed E-state index contributed by atoms with van der Waals surface area (Å²) in [6, 6.07) is 11.6. The molecule has 0 saturated carbocycles. The van der Waals surface area contributed by atoms with Gasteiger partial charge >= 0.3 is 0 Å². The minimum absolute atomic E-state index is 0.0628. The Hall–Kier alpha value is -2.54. The van der Waals surface area contributed by atoms with Gasteiger partial charge < -0.3 is 9.64 Å². The Balaban J connectivity index is 1.94. The van der Waals surface area contributed by atoms with Crippen molar-refractivity contribution in [2.75, 3.05) is 23.3 Å². The van der Waals surface area contributed by atoms with Crippen LogP contribution in [0.1, 0.15) is 18.4 Å². The molecule has 6 nitrogen and oxygen atoms in total. The number of aryl methyl sites for hydroxylation is 1. The zero-order valence-corrected chi connectivity index (χ0v) is 15.0. The van der Waals surface area contributed by atoms with E-state index in [0.29, 0.717) is 18.7 Å². The zero-order valence-electron chi connectivity index (χ0n) is 14.2. The summed E-state index contributed by atoms with van der Waals surface area (Å²) in [6.07, 6.45) is 1.34. The van der Waals surface area contributed by atoms with Crippen molar-refractivity contribution in [1.82, 2.24) is 0 Å². The standard InChI is InChI=1S/C18H20N2O4S/c1-13-9-10-14(12-15(13)20-11-5-8-18(20)21)19-25(22,23)17-7-4-3-6-16(17)24-2/h3-4,6-7,9-10,12,19H,5,8,11H2,1-2H3. The third-order valence-electron chi connectivity index (χ3n) is 4.18. The molecular formula is C18H20N2O4S. The first-order valence-corrected chi connectivity index (χ1v) is 9.47. The van der Waals surface area contributed by atoms with E-state index in [1.54, 1.807) is 41.3 Å². The van der Waals surface area contributed by atoms with Gasteiger partial charge in [-0.1, -0.05) is 18.2 Å². The highest BCUT2D eigenvalue weighted by atomic mass is 32.2. The predicted molar refractivity (Wildman–Crippen MR) is 96.6 cm³/mol. The van der Waals surface area contributed by atoms with Crippen LogP contribution in [0.3, 0.4) is 0 Å². The highest BCUT2D eigenvalue weighted by Gasteiger charge is 2.24. The quantitative estimate of drug-likeness (QED) is 0.889. The van der Waals surface area contributed by atoms with E-state index in [-0.39, 0.29) is 16.6 Å². The summed E-state index contributed by atoms with van der Waals surface area (Å²) in [5, 5.41) is 0. The van der Waals surface area contributed by atoms with Crippen molar-refractivity contribution in [2.45, 2.75) is 24.7 Å². The molecule has 1 heterocycles. The number of nitrogens with zero attached hydrogens (tertiary/aromatic N) is 1. The Morgan fingerprint density at radius 2 is 1.92 bits per heavy atom. The van der Waals surface area contributed by atoms with Crippen molar-refractivity contribution < 1.29 is 17.9 Å². The number of carbonyl (C=O) groups is 1. The van der Waals surface area contributed by atoms with Crippen LogP contribution in [0, 0.1) is 6.92 Å². The second-order valence-electron chi connectivity index (χ2n) is 5.91. The summed E-state index contributed by atoms with van der Waals surface area (Å²) in [6.45, 7) is 2.56. The van der Waals surface area contributed by atoms with Crippen LogP contribution >= 0.6 is 0 Å². The van der Waals surface area contributed by atoms with Crippen LogP contribution in [0.25, 0.3) is 0 Å². The van der Waals surface area contributed by atoms with E-state index in [1.165, 1.54) is 13.2 Å². The van der Waals surface area contributed by atoms with Crippen LogP contribution in [0.2, 0.25) is 0 Å². The van der Waals surface area contributed by atoms with Gasteiger partial charge in [-0.15, -0.1) is 0 Å². The van der Waals surface area contributed by atoms with Crippen molar-refractivity contribution in [3.05, 3.63) is 48.0 Å². The molecule has 1 aliphatic heterocycles. The summed E-state index contributed by atoms with van der Waals surface area (Å²) < 4.78 is 33.1. The first-order valence-electron chi connectivity index (χ1n) is 7.99. The third-order valence-corrected chi connectivity index (χ3v) is 5.60. The lowest BCUT2D eigenvalue weighted by atomic mass is 10.1. The number of sulfonamides is 1. The van der Waals surface area contributed by atoms with Crippen molar-refractivity contribution >= 4 is 27.3 Å². The Morgan fingerprint density at radius 1 is 1.16 bits per heavy atom. The van der Waals surface area contributed by atoms with Gasteiger partial charge in [0.15, 0.2) is 0 Å². The number of para-hydroxylation sites is 1. The topological polar surface area (TPSA) is 75.7 Å². The molecule has 0 spiro atoms. The van der Waals surface area contributed by atoms with Gasteiger partial charge in [-0.2, -0.15) is 0 Å². The Bertz CT molecular complexity index is 909. The fourth-order valence-electron chi connectivity index (χ4n) is 2.92. The zero-order chi connectivity index (χ0) is 18.0. The smallest absolute Gasteiger partial charge is 0.265 e. The second-order valence-corrected chi connectivity index (χ2v) is 7.56. The van der Waals surface area contributed by atoms with Crippen LogP contribution < -0.4 is 14.4 Å². The second kappa shape index (κ2) is 6.76. The fraction of sp³-hybridized carbons (Fsp3) is 0.278. The van der Waals surface area contributed by atoms with Gasteiger partial charge in [0.1, 0.15) is 10.6 Å². The van der Waals surface area contributed by atoms with Crippen LogP contribution in [0.15, 0.2) is 47.4 Å². The maximum absolute atomic E-state index is 12.7. The molecule has 2 aromatic carbocycles. The first kappa shape index (κ1) is 17.3. The van der Waals surface area contributed by atoms with Gasteiger partial charge in [-0.25, -0.2) is 8.42 Å². The molecule has 0 radical (unpaired) electrons. The number of carbonyl (C=O) groups excluding carboxylic acids is 1. The molecule has 132 valence electrons. The van der Waals surface area contributed by atoms with Crippen molar-refractivity contribution in [2.24, 2.45) is 0 Å². The molecule has 25 heavy (non-hydrogen) atoms. The van der Waals surface area contributed by atoms with Crippen molar-refractivity contribution in [1.29, 1.82) is 0 Å². The van der Waals surface area contributed by atoms with Gasteiger partial charge in [-0.3, -0.25) is 9.52 Å². The Labute approximate surface area is 147 Å². The molecule has 1 saturated heterocycles. The molecule has 0 aromatic heterocycles. The molecule has 3 rings (SSSR count). The first-order chi connectivity index (χ1) is 11.9. The average molecular weight is 360 g/mol. The number of methoxy groups -OCH3 is 1. The molecule has 0 atom stereocenters. The molecule has 1 fully saturated rings. The highest BCUT2D eigenvalue weighted by Crippen LogP contribution is 2.30. The maximum Gasteiger partial charge on any atom is 0.265 e. The highest BCUT2D eigenvalue weighted by molar-refractivity contribution is 7.92. The lowest BCUT2D eigenvalue weighted by molar-refractivity contribution is -0.117. The molecule has 0 bridgehead atoms. The molecule has 0 unspecified atom stereocenters. The molecule has 1 N–H and O–H groups in total. The normalized spacial score (nSPS) is 14.6. The number of anilines is 2. The number of nitrogens with one attached hydrogen (secondary N) is 1. The monoisotopic (exact) mass is 360 g/mol. The van der Waals surface area contributed by atoms with E-state index >= 15 is 0 Å². The van der Waals surface area contributed by atoms with E-state index < -0.39 is 10.0 Å². The number of amides is 1. The minimum atomic E-state index is -3.80. The van der Waals surface area contributed by atoms with Gasteiger partial charge in [0.2, 0.25) is 5.91 Å². The molecule has 0 aliphatic carbocycles. The number of hydrogen-bond donors (Lipinski definition) is 1. The van der Waals surface area contributed by atoms with Gasteiger partial charge in [-0.05, 0) is 43.2 Å². The van der Waals surface area contributed by atoms with Gasteiger partial charge in [0.25, 0.3) is 10.0 Å². The summed E-state index contributed by atoms with van der Waals surface area (Å²) in [5.41, 5.74) is 2.07. The lowest BCUT2D eigenvalue weighted by Gasteiger charge is -2.20. The van der Waals surface area contributed by atoms with E-state index in [0.717, 1.165) is 17.7 Å². The van der Waals surface area contributed by atoms with Gasteiger partial charge in [0, 0.05) is 18.7 Å². The summed E-state index contributed by atoms with van der Waals surface area (Å²) in [4.78, 5) is 13.8. The molecule has 7 heteroatoms. The SMILES string of the molecule is COc1ccccc1S(=O)(=O)Nc1ccc(C)c(N2CCCC2=O)c1. The van der Waals surface area contributed by atoms with E-state index in [2.05, 4.69) is 4.72 Å². The minimum Gasteiger partial charge on any atom is -0.495 e. The van der Waals surface area contributed by atoms with Crippen molar-refractivity contribution in [3.8, 4) is 5.75 Å². The van der Waals surface area contributed by atoms with Gasteiger partial charge in [0.05, 0.1) is 12.8 Å². The van der Waals surface area contributed by atoms with E-state index in [1.807, 2.05) is 6.92 Å². The Kier molecular flexibility index (Phi) is 4.67. The third kappa shape index (κ3) is 3.46. The molecule has 2 aromatic rings. The van der Waals surface area contributed by atoms with Crippen LogP contribution in [0.5, 0.6) is 5.75 Å². The lowest BCUT2D eigenvalue weighted by Crippen LogP contribution is -2.24. The summed E-state index contributed by atoms with van der Waals surface area (Å²) in [7, 11) is -2.37. The molecule has 1 amide bonds. The number of ether oxygens (including phenoxy) is 1. The molecule has 1 aliphatic rings. The van der Waals surface area contributed by atoms with Crippen molar-refractivity contribution in [3.63, 3.8) is 0 Å². The molecular weight excluding hydrogens is 340 g/mol. The van der Waals surface area contributed by atoms with Crippen LogP contribution in [-0.2, 0) is 14.8 Å². The maximum atomic E-state index is 12.7. The Morgan fingerprint density at radius 3 is 2.60 bits per heavy atom. The number of hydrogen-bond acceptors (Lipinski definition) is 4. The summed E-state index contributed by atoms with van der Waals surface area (Å²) >= 11 is 0. The largest absolute Gasteiger partial charge is 0.495 e. The average Bonchev–Trinajstić information content (AvgIpc) is 3.02. The van der Waals surface area contributed by atoms with Crippen LogP contribution in [0.4, 0.5) is 11.4 Å². The number of rotatable bonds is 5. The summed E-state index contributed by atoms with van der Waals surface area (Å²) in [5.74, 6) is 0.338. The number of benzene rings is 2. The fourth-order valence-corrected chi connectivity index (χ4v) is 4.14.